The van der Waals surface area contributed by atoms with Gasteiger partial charge in [0.15, 0.2) is 5.82 Å². The number of imidazole rings is 1. The maximum Gasteiger partial charge on any atom is 0.156 e. The minimum Gasteiger partial charge on any atom is -0.343 e. The standard InChI is InChI=1S/C9H8BrN3/c1-6-7(10)2-3-11-8(6)9-12-4-5-13-9/h2-5H,1H3,(H,12,13). The summed E-state index contributed by atoms with van der Waals surface area (Å²) in [5.74, 6) is 0.804. The second-order valence-corrected chi connectivity index (χ2v) is 3.56. The van der Waals surface area contributed by atoms with Crippen molar-refractivity contribution in [3.8, 4) is 11.5 Å². The van der Waals surface area contributed by atoms with E-state index in [0.717, 1.165) is 21.6 Å². The molecule has 3 nitrogen and oxygen atoms in total. The Labute approximate surface area is 84.4 Å². The van der Waals surface area contributed by atoms with E-state index in [-0.39, 0.29) is 0 Å². The molecule has 2 aromatic heterocycles. The Morgan fingerprint density at radius 3 is 2.85 bits per heavy atom. The van der Waals surface area contributed by atoms with Crippen LogP contribution in [0.2, 0.25) is 0 Å². The summed E-state index contributed by atoms with van der Waals surface area (Å²) in [6.45, 7) is 2.01. The van der Waals surface area contributed by atoms with Gasteiger partial charge < -0.3 is 4.98 Å². The number of aromatic nitrogens is 3. The molecule has 13 heavy (non-hydrogen) atoms. The summed E-state index contributed by atoms with van der Waals surface area (Å²) < 4.78 is 1.05. The summed E-state index contributed by atoms with van der Waals surface area (Å²) in [5, 5.41) is 0. The average molecular weight is 238 g/mol. The first-order valence-electron chi connectivity index (χ1n) is 3.90. The van der Waals surface area contributed by atoms with Crippen LogP contribution >= 0.6 is 15.9 Å². The second-order valence-electron chi connectivity index (χ2n) is 2.70. The van der Waals surface area contributed by atoms with Crippen LogP contribution in [-0.2, 0) is 0 Å². The lowest BCUT2D eigenvalue weighted by Crippen LogP contribution is -1.90. The number of pyridine rings is 1. The monoisotopic (exact) mass is 237 g/mol. The van der Waals surface area contributed by atoms with Gasteiger partial charge in [-0.1, -0.05) is 15.9 Å². The van der Waals surface area contributed by atoms with Crippen LogP contribution in [0.5, 0.6) is 0 Å². The fourth-order valence-electron chi connectivity index (χ4n) is 1.15. The van der Waals surface area contributed by atoms with Crippen molar-refractivity contribution in [2.24, 2.45) is 0 Å². The summed E-state index contributed by atoms with van der Waals surface area (Å²) >= 11 is 3.45. The van der Waals surface area contributed by atoms with E-state index in [9.17, 15) is 0 Å². The minimum absolute atomic E-state index is 0.804. The molecule has 2 rings (SSSR count). The van der Waals surface area contributed by atoms with Gasteiger partial charge >= 0.3 is 0 Å². The Kier molecular flexibility index (Phi) is 2.14. The van der Waals surface area contributed by atoms with E-state index < -0.39 is 0 Å². The molecule has 0 aromatic carbocycles. The summed E-state index contributed by atoms with van der Waals surface area (Å²) in [5.41, 5.74) is 1.98. The highest BCUT2D eigenvalue weighted by atomic mass is 79.9. The molecule has 0 aliphatic heterocycles. The van der Waals surface area contributed by atoms with Crippen LogP contribution < -0.4 is 0 Å². The highest BCUT2D eigenvalue weighted by Gasteiger charge is 2.06. The molecular weight excluding hydrogens is 230 g/mol. The zero-order chi connectivity index (χ0) is 9.26. The quantitative estimate of drug-likeness (QED) is 0.829. The molecule has 0 aliphatic rings. The lowest BCUT2D eigenvalue weighted by Gasteiger charge is -2.02. The number of hydrogen-bond donors (Lipinski definition) is 1. The molecule has 0 atom stereocenters. The van der Waals surface area contributed by atoms with E-state index in [0.29, 0.717) is 0 Å². The smallest absolute Gasteiger partial charge is 0.156 e. The molecule has 1 N–H and O–H groups in total. The first-order valence-corrected chi connectivity index (χ1v) is 4.69. The number of aromatic amines is 1. The zero-order valence-electron chi connectivity index (χ0n) is 7.08. The molecule has 0 bridgehead atoms. The summed E-state index contributed by atoms with van der Waals surface area (Å²) in [7, 11) is 0. The average Bonchev–Trinajstić information content (AvgIpc) is 2.62. The number of halogens is 1. The van der Waals surface area contributed by atoms with Crippen LogP contribution in [0.25, 0.3) is 11.5 Å². The van der Waals surface area contributed by atoms with Gasteiger partial charge in [-0.05, 0) is 18.6 Å². The van der Waals surface area contributed by atoms with Gasteiger partial charge in [-0.2, -0.15) is 0 Å². The van der Waals surface area contributed by atoms with Crippen LogP contribution in [0.15, 0.2) is 29.1 Å². The third kappa shape index (κ3) is 1.49. The molecule has 0 saturated heterocycles. The van der Waals surface area contributed by atoms with E-state index in [1.54, 1.807) is 18.6 Å². The summed E-state index contributed by atoms with van der Waals surface area (Å²) in [6.07, 6.45) is 5.27. The van der Waals surface area contributed by atoms with Crippen molar-refractivity contribution in [3.05, 3.63) is 34.7 Å². The molecule has 2 heterocycles. The van der Waals surface area contributed by atoms with Crippen LogP contribution in [0.4, 0.5) is 0 Å². The maximum absolute atomic E-state index is 4.26. The number of hydrogen-bond acceptors (Lipinski definition) is 2. The Hall–Kier alpha value is -1.16. The largest absolute Gasteiger partial charge is 0.343 e. The summed E-state index contributed by atoms with van der Waals surface area (Å²) in [6, 6.07) is 1.92. The molecule has 4 heteroatoms. The minimum atomic E-state index is 0.804. The molecule has 66 valence electrons. The van der Waals surface area contributed by atoms with Gasteiger partial charge in [-0.15, -0.1) is 0 Å². The second kappa shape index (κ2) is 3.30. The molecule has 0 aliphatic carbocycles. The summed E-state index contributed by atoms with van der Waals surface area (Å²) in [4.78, 5) is 11.4. The number of nitrogens with one attached hydrogen (secondary N) is 1. The van der Waals surface area contributed by atoms with E-state index >= 15 is 0 Å². The molecule has 2 aromatic rings. The van der Waals surface area contributed by atoms with E-state index in [4.69, 9.17) is 0 Å². The normalized spacial score (nSPS) is 10.3. The molecule has 0 amide bonds. The Morgan fingerprint density at radius 1 is 1.31 bits per heavy atom. The topological polar surface area (TPSA) is 41.6 Å². The van der Waals surface area contributed by atoms with Gasteiger partial charge in [-0.3, -0.25) is 4.98 Å². The lowest BCUT2D eigenvalue weighted by molar-refractivity contribution is 1.18. The number of rotatable bonds is 1. The Morgan fingerprint density at radius 2 is 2.15 bits per heavy atom. The lowest BCUT2D eigenvalue weighted by atomic mass is 10.2. The molecule has 0 saturated carbocycles. The van der Waals surface area contributed by atoms with E-state index in [1.165, 1.54) is 0 Å². The molecular formula is C9H8BrN3. The van der Waals surface area contributed by atoms with Gasteiger partial charge in [-0.25, -0.2) is 4.98 Å². The first-order chi connectivity index (χ1) is 6.29. The van der Waals surface area contributed by atoms with Gasteiger partial charge in [0.1, 0.15) is 5.69 Å². The number of nitrogens with zero attached hydrogens (tertiary/aromatic N) is 2. The van der Waals surface area contributed by atoms with Crippen LogP contribution in [0.1, 0.15) is 5.56 Å². The highest BCUT2D eigenvalue weighted by molar-refractivity contribution is 9.10. The van der Waals surface area contributed by atoms with Crippen molar-refractivity contribution < 1.29 is 0 Å². The van der Waals surface area contributed by atoms with Gasteiger partial charge in [0.2, 0.25) is 0 Å². The van der Waals surface area contributed by atoms with Gasteiger partial charge in [0.05, 0.1) is 0 Å². The van der Waals surface area contributed by atoms with Crippen molar-refractivity contribution in [2.75, 3.05) is 0 Å². The van der Waals surface area contributed by atoms with Gasteiger partial charge in [0, 0.05) is 23.1 Å². The third-order valence-corrected chi connectivity index (χ3v) is 2.72. The number of H-pyrrole nitrogens is 1. The predicted octanol–water partition coefficient (Wildman–Crippen LogP) is 2.54. The van der Waals surface area contributed by atoms with Crippen LogP contribution in [-0.4, -0.2) is 15.0 Å². The van der Waals surface area contributed by atoms with Crippen LogP contribution in [0, 0.1) is 6.92 Å². The third-order valence-electron chi connectivity index (χ3n) is 1.86. The Balaban J connectivity index is 2.59. The van der Waals surface area contributed by atoms with Crippen molar-refractivity contribution in [1.29, 1.82) is 0 Å². The van der Waals surface area contributed by atoms with Crippen molar-refractivity contribution in [3.63, 3.8) is 0 Å². The van der Waals surface area contributed by atoms with Crippen molar-refractivity contribution in [1.82, 2.24) is 15.0 Å². The van der Waals surface area contributed by atoms with Gasteiger partial charge in [0.25, 0.3) is 0 Å². The van der Waals surface area contributed by atoms with Crippen molar-refractivity contribution in [2.45, 2.75) is 6.92 Å². The zero-order valence-corrected chi connectivity index (χ0v) is 8.67. The fraction of sp³-hybridized carbons (Fsp3) is 0.111. The first kappa shape index (κ1) is 8.44. The molecule has 0 fully saturated rings. The maximum atomic E-state index is 4.26. The van der Waals surface area contributed by atoms with Crippen molar-refractivity contribution >= 4 is 15.9 Å². The SMILES string of the molecule is Cc1c(Br)ccnc1-c1ncc[nH]1. The van der Waals surface area contributed by atoms with E-state index in [1.807, 2.05) is 13.0 Å². The molecule has 0 radical (unpaired) electrons. The fourth-order valence-corrected chi connectivity index (χ4v) is 1.45. The van der Waals surface area contributed by atoms with Crippen LogP contribution in [0.3, 0.4) is 0 Å². The molecule has 0 unspecified atom stereocenters. The predicted molar refractivity (Wildman–Crippen MR) is 54.3 cm³/mol. The van der Waals surface area contributed by atoms with E-state index in [2.05, 4.69) is 30.9 Å². The highest BCUT2D eigenvalue weighted by Crippen LogP contribution is 2.23. The Bertz CT molecular complexity index is 409. The molecule has 0 spiro atoms.